The zero-order valence-corrected chi connectivity index (χ0v) is 19.4. The van der Waals surface area contributed by atoms with Gasteiger partial charge in [0.05, 0.1) is 29.7 Å². The highest BCUT2D eigenvalue weighted by Crippen LogP contribution is 2.38. The molecule has 10 nitrogen and oxygen atoms in total. The van der Waals surface area contributed by atoms with Crippen LogP contribution in [-0.2, 0) is 14.1 Å². The van der Waals surface area contributed by atoms with E-state index in [4.69, 9.17) is 0 Å². The fourth-order valence-electron chi connectivity index (χ4n) is 3.99. The summed E-state index contributed by atoms with van der Waals surface area (Å²) in [6.07, 6.45) is 5.00. The van der Waals surface area contributed by atoms with Crippen molar-refractivity contribution in [2.75, 3.05) is 5.32 Å². The van der Waals surface area contributed by atoms with Gasteiger partial charge in [-0.15, -0.1) is 0 Å². The maximum absolute atomic E-state index is 12.9. The number of nitrogens with zero attached hydrogens (tertiary/aromatic N) is 6. The summed E-state index contributed by atoms with van der Waals surface area (Å²) < 4.78 is 6.80. The van der Waals surface area contributed by atoms with E-state index < -0.39 is 29.1 Å². The van der Waals surface area contributed by atoms with E-state index in [2.05, 4.69) is 25.8 Å². The van der Waals surface area contributed by atoms with Crippen LogP contribution >= 0.6 is 11.5 Å². The van der Waals surface area contributed by atoms with Crippen LogP contribution in [0, 0.1) is 11.3 Å². The molecule has 2 atom stereocenters. The van der Waals surface area contributed by atoms with Gasteiger partial charge in [-0.2, -0.15) is 14.7 Å². The Bertz CT molecular complexity index is 1450. The number of hydrogen-bond acceptors (Lipinski definition) is 8. The molecule has 0 bridgehead atoms. The molecule has 172 valence electrons. The van der Waals surface area contributed by atoms with Crippen molar-refractivity contribution in [3.05, 3.63) is 86.8 Å². The first-order valence-corrected chi connectivity index (χ1v) is 11.1. The zero-order chi connectivity index (χ0) is 24.4. The Morgan fingerprint density at radius 3 is 2.68 bits per heavy atom. The Hall–Kier alpha value is -4.30. The number of rotatable bonds is 6. The molecule has 34 heavy (non-hydrogen) atoms. The Morgan fingerprint density at radius 1 is 1.26 bits per heavy atom. The fraction of sp³-hybridized carbons (Fsp3) is 0.217. The standard InChI is InChI=1S/C23H21N7O3S/c1-13(18(15-9-25-29(2)11-15)17-7-5-4-6-14(17)8-24)21-28-19(20(31)23(33)30(21)3)22(32)27-16-10-26-34-12-16/h4-7,9-13,18,31H,1-3H3,(H,27,32). The normalized spacial score (nSPS) is 12.6. The zero-order valence-electron chi connectivity index (χ0n) is 18.6. The number of benzene rings is 1. The molecule has 0 aliphatic heterocycles. The molecule has 4 aromatic rings. The molecule has 2 N–H and O–H groups in total. The summed E-state index contributed by atoms with van der Waals surface area (Å²) >= 11 is 1.15. The number of aryl methyl sites for hydroxylation is 1. The molecule has 3 aromatic heterocycles. The predicted octanol–water partition coefficient (Wildman–Crippen LogP) is 2.74. The molecule has 0 saturated heterocycles. The molecule has 0 aliphatic carbocycles. The lowest BCUT2D eigenvalue weighted by atomic mass is 9.80. The number of carbonyl (C=O) groups excluding carboxylic acids is 1. The van der Waals surface area contributed by atoms with Gasteiger partial charge in [0.15, 0.2) is 5.69 Å². The molecule has 2 unspecified atom stereocenters. The van der Waals surface area contributed by atoms with Crippen molar-refractivity contribution in [1.82, 2.24) is 23.7 Å². The van der Waals surface area contributed by atoms with Crippen LogP contribution in [0.25, 0.3) is 0 Å². The van der Waals surface area contributed by atoms with Crippen molar-refractivity contribution in [3.8, 4) is 11.8 Å². The third kappa shape index (κ3) is 4.18. The molecule has 1 amide bonds. The number of hydrogen-bond donors (Lipinski definition) is 2. The highest BCUT2D eigenvalue weighted by Gasteiger charge is 2.31. The first-order valence-electron chi connectivity index (χ1n) is 10.3. The molecular formula is C23H21N7O3S. The number of nitriles is 1. The molecule has 3 heterocycles. The molecular weight excluding hydrogens is 454 g/mol. The number of anilines is 1. The minimum atomic E-state index is -0.746. The molecule has 1 aromatic carbocycles. The van der Waals surface area contributed by atoms with Gasteiger partial charge >= 0.3 is 0 Å². The average molecular weight is 476 g/mol. The highest BCUT2D eigenvalue weighted by molar-refractivity contribution is 7.04. The average Bonchev–Trinajstić information content (AvgIpc) is 3.50. The maximum Gasteiger partial charge on any atom is 0.296 e. The summed E-state index contributed by atoms with van der Waals surface area (Å²) in [5.74, 6) is -2.05. The SMILES string of the molecule is CC(c1nc(C(=O)Nc2cnsc2)c(O)c(=O)n1C)C(c1cnn(C)c1)c1ccccc1C#N. The number of nitrogens with one attached hydrogen (secondary N) is 1. The van der Waals surface area contributed by atoms with E-state index in [0.717, 1.165) is 22.7 Å². The van der Waals surface area contributed by atoms with Gasteiger partial charge in [-0.25, -0.2) is 4.98 Å². The van der Waals surface area contributed by atoms with E-state index in [9.17, 15) is 20.0 Å². The molecule has 0 spiro atoms. The summed E-state index contributed by atoms with van der Waals surface area (Å²) in [7, 11) is 3.28. The third-order valence-corrected chi connectivity index (χ3v) is 6.20. The van der Waals surface area contributed by atoms with Crippen molar-refractivity contribution in [3.63, 3.8) is 0 Å². The topological polar surface area (TPSA) is 139 Å². The van der Waals surface area contributed by atoms with Crippen molar-refractivity contribution in [2.24, 2.45) is 14.1 Å². The van der Waals surface area contributed by atoms with Crippen molar-refractivity contribution in [2.45, 2.75) is 18.8 Å². The van der Waals surface area contributed by atoms with Crippen LogP contribution in [0.4, 0.5) is 5.69 Å². The summed E-state index contributed by atoms with van der Waals surface area (Å²) in [6.45, 7) is 1.86. The molecule has 11 heteroatoms. The summed E-state index contributed by atoms with van der Waals surface area (Å²) in [6, 6.07) is 9.42. The minimum Gasteiger partial charge on any atom is -0.501 e. The Labute approximate surface area is 198 Å². The van der Waals surface area contributed by atoms with Gasteiger partial charge in [0.1, 0.15) is 5.82 Å². The van der Waals surface area contributed by atoms with Gasteiger partial charge in [-0.1, -0.05) is 25.1 Å². The van der Waals surface area contributed by atoms with E-state index >= 15 is 0 Å². The van der Waals surface area contributed by atoms with E-state index in [0.29, 0.717) is 11.3 Å². The Balaban J connectivity index is 1.85. The van der Waals surface area contributed by atoms with Crippen molar-refractivity contribution in [1.29, 1.82) is 5.26 Å². The molecule has 0 fully saturated rings. The lowest BCUT2D eigenvalue weighted by Gasteiger charge is -2.26. The van der Waals surface area contributed by atoms with Gasteiger partial charge in [0.2, 0.25) is 5.75 Å². The number of carbonyl (C=O) groups is 1. The Kier molecular flexibility index (Phi) is 6.25. The van der Waals surface area contributed by atoms with E-state index in [-0.39, 0.29) is 11.5 Å². The largest absolute Gasteiger partial charge is 0.501 e. The third-order valence-electron chi connectivity index (χ3n) is 5.61. The first kappa shape index (κ1) is 22.9. The van der Waals surface area contributed by atoms with E-state index in [1.807, 2.05) is 25.3 Å². The predicted molar refractivity (Wildman–Crippen MR) is 126 cm³/mol. The van der Waals surface area contributed by atoms with Gasteiger partial charge in [-0.3, -0.25) is 18.8 Å². The second-order valence-electron chi connectivity index (χ2n) is 7.81. The van der Waals surface area contributed by atoms with Crippen LogP contribution < -0.4 is 10.9 Å². The van der Waals surface area contributed by atoms with E-state index in [1.165, 1.54) is 17.8 Å². The van der Waals surface area contributed by atoms with Crippen LogP contribution in [0.3, 0.4) is 0 Å². The smallest absolute Gasteiger partial charge is 0.296 e. The molecule has 0 saturated carbocycles. The number of aromatic nitrogens is 5. The monoisotopic (exact) mass is 475 g/mol. The van der Waals surface area contributed by atoms with Crippen molar-refractivity contribution < 1.29 is 9.90 Å². The molecule has 0 aliphatic rings. The van der Waals surface area contributed by atoms with Crippen molar-refractivity contribution >= 4 is 23.1 Å². The van der Waals surface area contributed by atoms with Crippen LogP contribution in [0.5, 0.6) is 5.75 Å². The van der Waals surface area contributed by atoms with Gasteiger partial charge < -0.3 is 10.4 Å². The molecule has 4 rings (SSSR count). The first-order chi connectivity index (χ1) is 16.3. The van der Waals surface area contributed by atoms with Crippen LogP contribution in [0.1, 0.15) is 51.8 Å². The van der Waals surface area contributed by atoms with Gasteiger partial charge in [-0.05, 0) is 28.7 Å². The van der Waals surface area contributed by atoms with Gasteiger partial charge in [0.25, 0.3) is 11.5 Å². The molecule has 0 radical (unpaired) electrons. The van der Waals surface area contributed by atoms with E-state index in [1.54, 1.807) is 35.4 Å². The lowest BCUT2D eigenvalue weighted by Crippen LogP contribution is -2.29. The summed E-state index contributed by atoms with van der Waals surface area (Å²) in [5, 5.41) is 28.6. The van der Waals surface area contributed by atoms with Crippen LogP contribution in [0.15, 0.2) is 53.0 Å². The summed E-state index contributed by atoms with van der Waals surface area (Å²) in [5.41, 5.74) is 1.34. The van der Waals surface area contributed by atoms with Crippen LogP contribution in [0.2, 0.25) is 0 Å². The summed E-state index contributed by atoms with van der Waals surface area (Å²) in [4.78, 5) is 30.1. The van der Waals surface area contributed by atoms with Crippen LogP contribution in [-0.4, -0.2) is 34.7 Å². The quantitative estimate of drug-likeness (QED) is 0.437. The second-order valence-corrected chi connectivity index (χ2v) is 8.47. The maximum atomic E-state index is 12.9. The lowest BCUT2D eigenvalue weighted by molar-refractivity contribution is 0.101. The Morgan fingerprint density at radius 2 is 2.03 bits per heavy atom. The highest BCUT2D eigenvalue weighted by atomic mass is 32.1. The number of amides is 1. The fourth-order valence-corrected chi connectivity index (χ4v) is 4.46. The minimum absolute atomic E-state index is 0.276. The second kappa shape index (κ2) is 9.29. The number of aromatic hydroxyl groups is 1. The van der Waals surface area contributed by atoms with Gasteiger partial charge in [0, 0.05) is 37.5 Å².